The van der Waals surface area contributed by atoms with Crippen LogP contribution in [-0.4, -0.2) is 51.1 Å². The first-order valence-corrected chi connectivity index (χ1v) is 19.7. The molecule has 2 aromatic carbocycles. The van der Waals surface area contributed by atoms with Gasteiger partial charge in [0, 0.05) is 11.1 Å². The van der Waals surface area contributed by atoms with Gasteiger partial charge in [-0.05, 0) is 100 Å². The molecule has 2 heterocycles. The maximum Gasteiger partial charge on any atom is 1.00 e. The van der Waals surface area contributed by atoms with E-state index in [0.29, 0.717) is 111 Å². The van der Waals surface area contributed by atoms with Gasteiger partial charge in [-0.3, -0.25) is 0 Å². The molecule has 2 aliphatic carbocycles. The molecule has 0 saturated heterocycles. The average Bonchev–Trinajstić information content (AvgIpc) is 3.98. The quantitative estimate of drug-likeness (QED) is 0.0744. The van der Waals surface area contributed by atoms with Crippen LogP contribution < -0.4 is 39.0 Å². The molecule has 2 fully saturated rings. The van der Waals surface area contributed by atoms with Crippen molar-refractivity contribution in [2.24, 2.45) is 0 Å². The van der Waals surface area contributed by atoms with Crippen molar-refractivity contribution >= 4 is 33.9 Å². The van der Waals surface area contributed by atoms with Gasteiger partial charge in [0.05, 0.1) is 17.9 Å². The van der Waals surface area contributed by atoms with E-state index in [1.54, 1.807) is 0 Å². The average molecular weight is 853 g/mol. The molecule has 0 bridgehead atoms. The first-order chi connectivity index (χ1) is 27.0. The van der Waals surface area contributed by atoms with E-state index in [1.807, 2.05) is 27.7 Å². The number of alkyl halides is 6. The molecule has 0 unspecified atom stereocenters. The molecule has 2 aromatic heterocycles. The first kappa shape index (κ1) is 49.8. The number of rotatable bonds is 14. The number of fused-ring (bicyclic) bond motifs is 2. The fourth-order valence-electron chi connectivity index (χ4n) is 8.07. The summed E-state index contributed by atoms with van der Waals surface area (Å²) in [6.07, 6.45) is 0.218. The molecule has 18 heteroatoms. The van der Waals surface area contributed by atoms with Crippen LogP contribution in [0.15, 0.2) is 21.2 Å². The second-order valence-electron chi connectivity index (χ2n) is 14.9. The Morgan fingerprint density at radius 3 is 1.36 bits per heavy atom. The van der Waals surface area contributed by atoms with E-state index in [1.165, 1.54) is 19.2 Å². The SMILES string of the molecule is CCCc1cc2c(C(F)(F)F)noc2c(CCC)c1OC1(C(=O)O)CCCC1.CCCc1cc2c(C(F)(F)F)noc2c(CCC)c1OC1(C(=O)OC)CCCC1.[Na+].[OH-]. The molecule has 322 valence electrons. The molecule has 11 nitrogen and oxygen atoms in total. The summed E-state index contributed by atoms with van der Waals surface area (Å²) in [5, 5.41) is 16.2. The van der Waals surface area contributed by atoms with E-state index >= 15 is 0 Å². The molecule has 6 rings (SSSR count). The van der Waals surface area contributed by atoms with Crippen LogP contribution in [0.4, 0.5) is 26.3 Å². The van der Waals surface area contributed by atoms with Gasteiger partial charge >= 0.3 is 53.8 Å². The second kappa shape index (κ2) is 20.3. The molecule has 2 saturated carbocycles. The summed E-state index contributed by atoms with van der Waals surface area (Å²) < 4.78 is 108. The molecule has 2 aliphatic rings. The number of nitrogens with zero attached hydrogens (tertiary/aromatic N) is 2. The molecular weight excluding hydrogens is 801 g/mol. The Morgan fingerprint density at radius 1 is 0.678 bits per heavy atom. The Hall–Kier alpha value is -3.54. The van der Waals surface area contributed by atoms with Gasteiger partial charge in [-0.25, -0.2) is 9.59 Å². The van der Waals surface area contributed by atoms with Crippen LogP contribution in [0.5, 0.6) is 11.5 Å². The Morgan fingerprint density at radius 2 is 1.03 bits per heavy atom. The third-order valence-electron chi connectivity index (χ3n) is 10.7. The number of aromatic nitrogens is 2. The van der Waals surface area contributed by atoms with Gasteiger partial charge in [-0.15, -0.1) is 0 Å². The minimum Gasteiger partial charge on any atom is -0.870 e. The van der Waals surface area contributed by atoms with Crippen LogP contribution >= 0.6 is 0 Å². The largest absolute Gasteiger partial charge is 1.00 e. The number of hydrogen-bond donors (Lipinski definition) is 1. The Bertz CT molecular complexity index is 2050. The first-order valence-electron chi connectivity index (χ1n) is 19.7. The van der Waals surface area contributed by atoms with Crippen molar-refractivity contribution in [2.45, 2.75) is 154 Å². The van der Waals surface area contributed by atoms with E-state index in [4.69, 9.17) is 23.3 Å². The zero-order chi connectivity index (χ0) is 41.8. The van der Waals surface area contributed by atoms with Crippen molar-refractivity contribution in [3.63, 3.8) is 0 Å². The van der Waals surface area contributed by atoms with Crippen molar-refractivity contribution in [1.29, 1.82) is 0 Å². The zero-order valence-corrected chi connectivity index (χ0v) is 36.4. The summed E-state index contributed by atoms with van der Waals surface area (Å²) in [7, 11) is 1.32. The molecule has 0 radical (unpaired) electrons. The third kappa shape index (κ3) is 10.3. The van der Waals surface area contributed by atoms with Crippen molar-refractivity contribution in [3.8, 4) is 11.5 Å². The topological polar surface area (TPSA) is 164 Å². The fraction of sp³-hybridized carbons (Fsp3) is 0.610. The van der Waals surface area contributed by atoms with E-state index in [9.17, 15) is 41.0 Å². The number of carbonyl (C=O) groups excluding carboxylic acids is 1. The summed E-state index contributed by atoms with van der Waals surface area (Å²) in [4.78, 5) is 24.5. The van der Waals surface area contributed by atoms with Crippen molar-refractivity contribution < 1.29 is 99.3 Å². The number of halogens is 6. The normalized spacial score (nSPS) is 15.9. The number of carboxylic acid groups (broad SMARTS) is 1. The maximum absolute atomic E-state index is 13.4. The minimum absolute atomic E-state index is 0. The number of methoxy groups -OCH3 is 1. The minimum atomic E-state index is -4.63. The number of aliphatic carboxylic acids is 1. The molecular formula is C41H51F6N2NaO9. The molecule has 2 N–H and O–H groups in total. The standard InChI is InChI=1S/C21H26F3NO4.C20H24F3NO4.Na.H2O/c1-4-8-13-12-15-17(29-25-18(15)21(22,23)24)14(9-5-2)16(13)28-20(19(26)27-3)10-6-7-11-20;1-3-7-12-11-14-16(28-24-17(14)20(21,22)23)13(8-4-2)15(12)27-19(18(25)26)9-5-6-10-19;;/h12H,4-11H2,1-3H3;11H,3-10H2,1-2H3,(H,25,26);;1H2/q;;+1;/p-1. The van der Waals surface area contributed by atoms with Gasteiger partial charge in [0.2, 0.25) is 11.2 Å². The number of benzene rings is 2. The predicted octanol–water partition coefficient (Wildman–Crippen LogP) is 7.97. The summed E-state index contributed by atoms with van der Waals surface area (Å²) in [6.45, 7) is 7.67. The van der Waals surface area contributed by atoms with Crippen molar-refractivity contribution in [2.75, 3.05) is 7.11 Å². The number of esters is 1. The summed E-state index contributed by atoms with van der Waals surface area (Å²) in [5.41, 5.74) is -2.23. The van der Waals surface area contributed by atoms with Crippen LogP contribution in [0, 0.1) is 0 Å². The summed E-state index contributed by atoms with van der Waals surface area (Å²) in [6, 6.07) is 2.85. The number of carboxylic acids is 1. The zero-order valence-electron chi connectivity index (χ0n) is 34.4. The van der Waals surface area contributed by atoms with Crippen LogP contribution in [-0.2, 0) is 52.4 Å². The maximum atomic E-state index is 13.4. The van der Waals surface area contributed by atoms with Gasteiger partial charge in [0.15, 0.2) is 22.6 Å². The van der Waals surface area contributed by atoms with Crippen molar-refractivity contribution in [3.05, 3.63) is 45.8 Å². The van der Waals surface area contributed by atoms with E-state index < -0.39 is 46.9 Å². The van der Waals surface area contributed by atoms with Gasteiger partial charge < -0.3 is 33.8 Å². The Kier molecular flexibility index (Phi) is 17.2. The van der Waals surface area contributed by atoms with Crippen LogP contribution in [0.2, 0.25) is 0 Å². The predicted molar refractivity (Wildman–Crippen MR) is 199 cm³/mol. The van der Waals surface area contributed by atoms with Gasteiger partial charge in [-0.2, -0.15) is 26.3 Å². The molecule has 4 aromatic rings. The van der Waals surface area contributed by atoms with Gasteiger partial charge in [0.1, 0.15) is 11.5 Å². The number of hydrogen-bond acceptors (Lipinski definition) is 10. The monoisotopic (exact) mass is 852 g/mol. The van der Waals surface area contributed by atoms with Crippen LogP contribution in [0.3, 0.4) is 0 Å². The van der Waals surface area contributed by atoms with Crippen LogP contribution in [0.1, 0.15) is 138 Å². The molecule has 0 atom stereocenters. The van der Waals surface area contributed by atoms with Crippen LogP contribution in [0.25, 0.3) is 21.9 Å². The third-order valence-corrected chi connectivity index (χ3v) is 10.7. The molecule has 0 amide bonds. The number of carbonyl (C=O) groups is 2. The number of ether oxygens (including phenoxy) is 3. The summed E-state index contributed by atoms with van der Waals surface area (Å²) >= 11 is 0. The number of aryl methyl sites for hydroxylation is 4. The Labute approximate surface area is 360 Å². The molecule has 0 aliphatic heterocycles. The fourth-order valence-corrected chi connectivity index (χ4v) is 8.07. The van der Waals surface area contributed by atoms with E-state index in [-0.39, 0.29) is 57.0 Å². The van der Waals surface area contributed by atoms with Gasteiger partial charge in [0.25, 0.3) is 0 Å². The van der Waals surface area contributed by atoms with Crippen molar-refractivity contribution in [1.82, 2.24) is 10.3 Å². The Balaban J connectivity index is 0.000000305. The molecule has 59 heavy (non-hydrogen) atoms. The van der Waals surface area contributed by atoms with Gasteiger partial charge in [-0.1, -0.05) is 63.7 Å². The second-order valence-corrected chi connectivity index (χ2v) is 14.9. The van der Waals surface area contributed by atoms with E-state index in [2.05, 4.69) is 10.3 Å². The van der Waals surface area contributed by atoms with E-state index in [0.717, 1.165) is 25.7 Å². The smallest absolute Gasteiger partial charge is 0.870 e. The molecule has 0 spiro atoms. The summed E-state index contributed by atoms with van der Waals surface area (Å²) in [5.74, 6) is -0.694.